The quantitative estimate of drug-likeness (QED) is 0.854. The molecule has 1 heterocycles. The van der Waals surface area contributed by atoms with E-state index in [1.54, 1.807) is 0 Å². The molecule has 4 heteroatoms. The minimum atomic E-state index is 0.106. The average molecular weight is 327 g/mol. The number of hydrogen-bond donors (Lipinski definition) is 2. The van der Waals surface area contributed by atoms with Crippen LogP contribution < -0.4 is 5.32 Å². The Morgan fingerprint density at radius 1 is 1.29 bits per heavy atom. The number of nitrogens with one attached hydrogen (secondary N) is 2. The molecule has 3 rings (SSSR count). The molecule has 0 spiro atoms. The van der Waals surface area contributed by atoms with Crippen LogP contribution in [-0.2, 0) is 11.2 Å². The van der Waals surface area contributed by atoms with Crippen LogP contribution in [0.4, 0.5) is 0 Å². The van der Waals surface area contributed by atoms with Crippen molar-refractivity contribution in [2.45, 2.75) is 51.5 Å². The van der Waals surface area contributed by atoms with Gasteiger partial charge in [-0.3, -0.25) is 4.79 Å². The number of likely N-dealkylation sites (N-methyl/N-ethyl adjacent to an activating group) is 1. The van der Waals surface area contributed by atoms with E-state index >= 15 is 0 Å². The summed E-state index contributed by atoms with van der Waals surface area (Å²) in [6.45, 7) is 3.75. The van der Waals surface area contributed by atoms with Crippen LogP contribution >= 0.6 is 0 Å². The molecule has 2 N–H and O–H groups in total. The fourth-order valence-corrected chi connectivity index (χ4v) is 3.82. The van der Waals surface area contributed by atoms with Gasteiger partial charge in [-0.25, -0.2) is 0 Å². The maximum Gasteiger partial charge on any atom is 0.224 e. The van der Waals surface area contributed by atoms with Crippen LogP contribution in [0.5, 0.6) is 0 Å². The van der Waals surface area contributed by atoms with E-state index in [0.29, 0.717) is 12.5 Å². The van der Waals surface area contributed by atoms with E-state index in [9.17, 15) is 4.79 Å². The minimum absolute atomic E-state index is 0.106. The number of carbonyl (C=O) groups excluding carboxylic acids is 1. The van der Waals surface area contributed by atoms with Gasteiger partial charge in [0.05, 0.1) is 6.42 Å². The topological polar surface area (TPSA) is 48.1 Å². The summed E-state index contributed by atoms with van der Waals surface area (Å²) in [5.41, 5.74) is 3.43. The molecule has 1 aliphatic rings. The van der Waals surface area contributed by atoms with Gasteiger partial charge in [-0.1, -0.05) is 37.5 Å². The van der Waals surface area contributed by atoms with Crippen molar-refractivity contribution >= 4 is 16.8 Å². The second kappa shape index (κ2) is 7.84. The van der Waals surface area contributed by atoms with Gasteiger partial charge in [-0.2, -0.15) is 0 Å². The van der Waals surface area contributed by atoms with Gasteiger partial charge >= 0.3 is 0 Å². The third-order valence-corrected chi connectivity index (χ3v) is 5.35. The van der Waals surface area contributed by atoms with Crippen molar-refractivity contribution in [2.75, 3.05) is 20.1 Å². The molecule has 0 bridgehead atoms. The van der Waals surface area contributed by atoms with Gasteiger partial charge in [0.25, 0.3) is 0 Å². The summed E-state index contributed by atoms with van der Waals surface area (Å²) in [7, 11) is 2.19. The molecule has 0 atom stereocenters. The Labute approximate surface area is 144 Å². The Morgan fingerprint density at radius 2 is 2.08 bits per heavy atom. The molecule has 1 aromatic carbocycles. The first-order chi connectivity index (χ1) is 11.6. The first-order valence-electron chi connectivity index (χ1n) is 9.17. The van der Waals surface area contributed by atoms with E-state index in [0.717, 1.165) is 29.6 Å². The van der Waals surface area contributed by atoms with Crippen molar-refractivity contribution in [3.8, 4) is 0 Å². The second-order valence-corrected chi connectivity index (χ2v) is 7.11. The van der Waals surface area contributed by atoms with Crippen molar-refractivity contribution < 1.29 is 4.79 Å². The minimum Gasteiger partial charge on any atom is -0.361 e. The number of aromatic nitrogens is 1. The Bertz CT molecular complexity index is 685. The maximum absolute atomic E-state index is 12.3. The van der Waals surface area contributed by atoms with E-state index in [2.05, 4.69) is 41.3 Å². The molecule has 1 aliphatic carbocycles. The third-order valence-electron chi connectivity index (χ3n) is 5.35. The van der Waals surface area contributed by atoms with Crippen LogP contribution in [0.1, 0.15) is 43.2 Å². The lowest BCUT2D eigenvalue weighted by Gasteiger charge is -2.31. The molecule has 4 nitrogen and oxygen atoms in total. The highest BCUT2D eigenvalue weighted by Gasteiger charge is 2.17. The molecular weight excluding hydrogens is 298 g/mol. The highest BCUT2D eigenvalue weighted by atomic mass is 16.1. The second-order valence-electron chi connectivity index (χ2n) is 7.11. The summed E-state index contributed by atoms with van der Waals surface area (Å²) in [4.78, 5) is 18.0. The Hall–Kier alpha value is -1.81. The van der Waals surface area contributed by atoms with Crippen LogP contribution in [0.15, 0.2) is 24.4 Å². The first-order valence-corrected chi connectivity index (χ1v) is 9.17. The molecule has 2 aromatic rings. The summed E-state index contributed by atoms with van der Waals surface area (Å²) in [5.74, 6) is 0.106. The lowest BCUT2D eigenvalue weighted by molar-refractivity contribution is -0.120. The highest BCUT2D eigenvalue weighted by molar-refractivity contribution is 5.90. The average Bonchev–Trinajstić information content (AvgIpc) is 3.00. The summed E-state index contributed by atoms with van der Waals surface area (Å²) in [6, 6.07) is 6.92. The van der Waals surface area contributed by atoms with Gasteiger partial charge in [-0.15, -0.1) is 0 Å². The van der Waals surface area contributed by atoms with Gasteiger partial charge < -0.3 is 15.2 Å². The predicted octanol–water partition coefficient (Wildman–Crippen LogP) is 3.40. The van der Waals surface area contributed by atoms with Gasteiger partial charge in [0.15, 0.2) is 0 Å². The van der Waals surface area contributed by atoms with Crippen molar-refractivity contribution in [1.29, 1.82) is 0 Å². The monoisotopic (exact) mass is 327 g/mol. The van der Waals surface area contributed by atoms with Crippen LogP contribution in [-0.4, -0.2) is 42.0 Å². The zero-order valence-electron chi connectivity index (χ0n) is 14.9. The number of amides is 1. The fraction of sp³-hybridized carbons (Fsp3) is 0.550. The molecule has 0 aliphatic heterocycles. The molecule has 1 saturated carbocycles. The predicted molar refractivity (Wildman–Crippen MR) is 99.3 cm³/mol. The summed E-state index contributed by atoms with van der Waals surface area (Å²) in [6.07, 6.45) is 9.09. The Kier molecular flexibility index (Phi) is 5.56. The van der Waals surface area contributed by atoms with E-state index in [1.165, 1.54) is 37.7 Å². The van der Waals surface area contributed by atoms with Crippen LogP contribution in [0.25, 0.3) is 10.9 Å². The smallest absolute Gasteiger partial charge is 0.224 e. The molecule has 1 fully saturated rings. The van der Waals surface area contributed by atoms with Crippen LogP contribution in [0.3, 0.4) is 0 Å². The maximum atomic E-state index is 12.3. The number of fused-ring (bicyclic) bond motifs is 1. The van der Waals surface area contributed by atoms with Crippen molar-refractivity contribution in [1.82, 2.24) is 15.2 Å². The van der Waals surface area contributed by atoms with E-state index in [1.807, 2.05) is 12.3 Å². The summed E-state index contributed by atoms with van der Waals surface area (Å²) < 4.78 is 0. The molecule has 0 saturated heterocycles. The SMILES string of the molecule is Cc1cccc2c(CC(=O)NCCN(C)C3CCCCC3)c[nH]c12. The standard InChI is InChI=1S/C20H29N3O/c1-15-7-6-10-18-16(14-22-20(15)18)13-19(24)21-11-12-23(2)17-8-4-3-5-9-17/h6-7,10,14,17,22H,3-5,8-9,11-13H2,1-2H3,(H,21,24). The molecule has 24 heavy (non-hydrogen) atoms. The zero-order valence-corrected chi connectivity index (χ0v) is 14.9. The zero-order chi connectivity index (χ0) is 16.9. The summed E-state index contributed by atoms with van der Waals surface area (Å²) in [5, 5.41) is 4.23. The molecule has 1 amide bonds. The van der Waals surface area contributed by atoms with Crippen molar-refractivity contribution in [2.24, 2.45) is 0 Å². The van der Waals surface area contributed by atoms with E-state index in [4.69, 9.17) is 0 Å². The highest BCUT2D eigenvalue weighted by Crippen LogP contribution is 2.22. The van der Waals surface area contributed by atoms with E-state index in [-0.39, 0.29) is 5.91 Å². The molecule has 0 unspecified atom stereocenters. The Morgan fingerprint density at radius 3 is 2.88 bits per heavy atom. The van der Waals surface area contributed by atoms with Crippen LogP contribution in [0.2, 0.25) is 0 Å². The van der Waals surface area contributed by atoms with Gasteiger partial charge in [0.2, 0.25) is 5.91 Å². The molecule has 130 valence electrons. The molecule has 1 aromatic heterocycles. The number of para-hydroxylation sites is 1. The molecule has 0 radical (unpaired) electrons. The fourth-order valence-electron chi connectivity index (χ4n) is 3.82. The van der Waals surface area contributed by atoms with Gasteiger partial charge in [0, 0.05) is 36.2 Å². The number of hydrogen-bond acceptors (Lipinski definition) is 2. The normalized spacial score (nSPS) is 16.0. The number of benzene rings is 1. The number of rotatable bonds is 6. The Balaban J connectivity index is 1.47. The molecular formula is C20H29N3O. The van der Waals surface area contributed by atoms with Crippen LogP contribution in [0, 0.1) is 6.92 Å². The lowest BCUT2D eigenvalue weighted by atomic mass is 9.94. The van der Waals surface area contributed by atoms with Gasteiger partial charge in [0.1, 0.15) is 0 Å². The third kappa shape index (κ3) is 3.99. The van der Waals surface area contributed by atoms with Crippen molar-refractivity contribution in [3.63, 3.8) is 0 Å². The number of aryl methyl sites for hydroxylation is 1. The van der Waals surface area contributed by atoms with E-state index < -0.39 is 0 Å². The lowest BCUT2D eigenvalue weighted by Crippen LogP contribution is -2.39. The largest absolute Gasteiger partial charge is 0.361 e. The number of H-pyrrole nitrogens is 1. The summed E-state index contributed by atoms with van der Waals surface area (Å²) >= 11 is 0. The van der Waals surface area contributed by atoms with Gasteiger partial charge in [-0.05, 0) is 37.9 Å². The first kappa shape index (κ1) is 17.0. The number of nitrogens with zero attached hydrogens (tertiary/aromatic N) is 1. The van der Waals surface area contributed by atoms with Crippen molar-refractivity contribution in [3.05, 3.63) is 35.5 Å². The number of carbonyl (C=O) groups is 1. The number of aromatic amines is 1.